The van der Waals surface area contributed by atoms with Gasteiger partial charge in [-0.1, -0.05) is 72.8 Å². The molecule has 1 aliphatic carbocycles. The smallest absolute Gasteiger partial charge is 0.410 e. The predicted octanol–water partition coefficient (Wildman–Crippen LogP) is 16.4. The van der Waals surface area contributed by atoms with Gasteiger partial charge in [0.2, 0.25) is 0 Å². The summed E-state index contributed by atoms with van der Waals surface area (Å²) in [5.74, 6) is -0.577. The number of aryl methyl sites for hydroxylation is 3. The molecule has 2 saturated heterocycles. The summed E-state index contributed by atoms with van der Waals surface area (Å²) in [5.41, 5.74) is 10.2. The number of nitrogens with zero attached hydrogens (tertiary/aromatic N) is 7. The van der Waals surface area contributed by atoms with Crippen molar-refractivity contribution in [1.29, 1.82) is 0 Å². The number of aromatic amines is 3. The second kappa shape index (κ2) is 42.6. The summed E-state index contributed by atoms with van der Waals surface area (Å²) in [6, 6.07) is 43.3. The number of halogens is 6. The second-order valence-electron chi connectivity index (χ2n) is 32.5. The first-order valence-electron chi connectivity index (χ1n) is 39.8. The van der Waals surface area contributed by atoms with Gasteiger partial charge in [-0.3, -0.25) is 34.7 Å². The Kier molecular flexibility index (Phi) is 32.9. The average molecular weight is 1670 g/mol. The molecule has 12 rings (SSSR count). The first-order chi connectivity index (χ1) is 56.8. The summed E-state index contributed by atoms with van der Waals surface area (Å²) in [4.78, 5) is 69.7. The minimum Gasteiger partial charge on any atom is -0.478 e. The van der Waals surface area contributed by atoms with Crippen LogP contribution in [0.4, 0.5) is 35.9 Å². The van der Waals surface area contributed by atoms with Crippen molar-refractivity contribution in [2.45, 2.75) is 220 Å². The lowest BCUT2D eigenvalue weighted by Crippen LogP contribution is -2.47. The molecular weight excluding hydrogens is 1560 g/mol. The van der Waals surface area contributed by atoms with Gasteiger partial charge in [-0.15, -0.1) is 0 Å². The lowest BCUT2D eigenvalue weighted by atomic mass is 9.91. The van der Waals surface area contributed by atoms with Crippen molar-refractivity contribution in [1.82, 2.24) is 55.5 Å². The van der Waals surface area contributed by atoms with Gasteiger partial charge in [0.1, 0.15) is 28.5 Å². The number of aromatic nitrogens is 6. The van der Waals surface area contributed by atoms with Crippen LogP contribution in [0.5, 0.6) is 17.2 Å². The number of H-pyrrole nitrogens is 3. The molecule has 6 aromatic carbocycles. The zero-order valence-corrected chi connectivity index (χ0v) is 69.5. The van der Waals surface area contributed by atoms with E-state index < -0.39 is 79.6 Å². The molecule has 9 aromatic rings. The Morgan fingerprint density at radius 3 is 1.12 bits per heavy atom. The zero-order chi connectivity index (χ0) is 87.3. The SMILES string of the molecule is CC(C)(C)OC(=O)N1C(Cc2ccc(C(=O)O)cc2)CCC1C(O)c1ccc(OC(F)F)cc1.CNCc1cc(C)[nH]n1.Cc1cc(CN(C)C(=O)c2ccc(CC3CCC(C(O)c4ccc(OC(F)F)cc4)C3)cc2)n[nH]1.Cc1cc(CN(C)C(=O)c2ccc(CC3CCC(C(O)c4ccc(OC(F)F)cc4)N3C(=O)OC(C)(C)C)cc2)n[nH]1. The molecule has 0 radical (unpaired) electrons. The van der Waals surface area contributed by atoms with Gasteiger partial charge in [-0.25, -0.2) is 14.4 Å². The Labute approximate surface area is 694 Å². The van der Waals surface area contributed by atoms with Crippen LogP contribution in [0.2, 0.25) is 0 Å². The number of carboxylic acid groups (broad SMARTS) is 1. The molecule has 2 aliphatic heterocycles. The number of carbonyl (C=O) groups excluding carboxylic acids is 4. The van der Waals surface area contributed by atoms with Gasteiger partial charge in [0.05, 0.1) is 66.1 Å². The molecule has 9 unspecified atom stereocenters. The van der Waals surface area contributed by atoms with Crippen LogP contribution in [-0.2, 0) is 48.4 Å². The number of ether oxygens (including phenoxy) is 5. The Morgan fingerprint density at radius 1 is 0.467 bits per heavy atom. The third kappa shape index (κ3) is 27.6. The summed E-state index contributed by atoms with van der Waals surface area (Å²) >= 11 is 0. The van der Waals surface area contributed by atoms with Crippen molar-refractivity contribution in [2.75, 3.05) is 21.1 Å². The first-order valence-corrected chi connectivity index (χ1v) is 39.8. The van der Waals surface area contributed by atoms with E-state index in [4.69, 9.17) is 14.6 Å². The van der Waals surface area contributed by atoms with E-state index in [0.29, 0.717) is 85.3 Å². The van der Waals surface area contributed by atoms with Gasteiger partial charge in [0.25, 0.3) is 11.8 Å². The highest BCUT2D eigenvalue weighted by Crippen LogP contribution is 2.42. The first kappa shape index (κ1) is 92.6. The molecule has 3 aromatic heterocycles. The van der Waals surface area contributed by atoms with Gasteiger partial charge in [-0.2, -0.15) is 41.6 Å². The monoisotopic (exact) mass is 1670 g/mol. The minimum absolute atomic E-state index is 0.0152. The van der Waals surface area contributed by atoms with Gasteiger partial charge < -0.3 is 59.2 Å². The fraction of sp³-hybridized carbons (Fsp3) is 0.438. The largest absolute Gasteiger partial charge is 0.478 e. The summed E-state index contributed by atoms with van der Waals surface area (Å²) in [7, 11) is 5.40. The molecule has 4 amide bonds. The number of hydrogen-bond donors (Lipinski definition) is 8. The summed E-state index contributed by atoms with van der Waals surface area (Å²) in [5, 5.41) is 66.3. The predicted molar refractivity (Wildman–Crippen MR) is 436 cm³/mol. The van der Waals surface area contributed by atoms with Crippen LogP contribution in [0, 0.1) is 32.6 Å². The third-order valence-electron chi connectivity index (χ3n) is 20.6. The number of nitrogens with one attached hydrogen (secondary N) is 4. The number of aliphatic hydroxyl groups excluding tert-OH is 3. The molecule has 25 nitrogen and oxygen atoms in total. The molecule has 0 bridgehead atoms. The maximum Gasteiger partial charge on any atom is 0.410 e. The van der Waals surface area contributed by atoms with Gasteiger partial charge in [0, 0.05) is 60.9 Å². The van der Waals surface area contributed by atoms with E-state index in [1.54, 1.807) is 112 Å². The lowest BCUT2D eigenvalue weighted by Gasteiger charge is -2.35. The highest BCUT2D eigenvalue weighted by atomic mass is 19.3. The Hall–Kier alpha value is -11.3. The van der Waals surface area contributed by atoms with Crippen LogP contribution in [0.1, 0.15) is 203 Å². The maximum atomic E-state index is 13.4. The number of hydrogen-bond acceptors (Lipinski definition) is 17. The van der Waals surface area contributed by atoms with E-state index in [-0.39, 0.29) is 52.6 Å². The van der Waals surface area contributed by atoms with Crippen LogP contribution in [0.15, 0.2) is 164 Å². The molecular formula is C89H109F6N11O14. The normalized spacial score (nSPS) is 17.8. The molecule has 31 heteroatoms. The molecule has 8 N–H and O–H groups in total. The summed E-state index contributed by atoms with van der Waals surface area (Å²) in [6.45, 7) is 9.34. The minimum atomic E-state index is -2.95. The van der Waals surface area contributed by atoms with Crippen molar-refractivity contribution in [3.8, 4) is 17.2 Å². The van der Waals surface area contributed by atoms with E-state index in [2.05, 4.69) is 50.1 Å². The van der Waals surface area contributed by atoms with E-state index >= 15 is 0 Å². The molecule has 120 heavy (non-hydrogen) atoms. The Morgan fingerprint density at radius 2 is 0.800 bits per heavy atom. The standard InChI is InChI=1S/C31H38F2N4O5.C27H31F2N3O3.C25H29F2NO6.C6H11N3/c1-19-16-23(35-34-19)18-36(5)28(39)22-8-6-20(7-9-22)17-24-12-15-26(37(24)30(40)42-31(2,3)4)27(38)21-10-13-25(14-11-21)41-29(32)33;1-17-13-23(31-30-17)16-32(2)26(34)21-6-3-18(4-7-21)14-19-5-8-22(15-19)25(33)20-9-11-24(12-10-20)35-27(28)29;1-25(2,3)34-24(32)28-18(14-15-4-6-17(7-5-15)22(30)31)10-13-20(28)21(29)16-8-11-19(12-9-16)33-23(26)27;1-5-3-6(4-7-2)9-8-5/h6-11,13-14,16,24,26-27,29,38H,12,15,17-18H2,1-5H3,(H,34,35);3-4,6-7,9-13,19,22,25,27,33H,5,8,14-16H2,1-2H3,(H,30,31);4-9,11-12,18,20-21,23,29H,10,13-14H2,1-3H3,(H,30,31);3,7H,4H2,1-2H3,(H,8,9). The quantitative estimate of drug-likeness (QED) is 0.0222. The van der Waals surface area contributed by atoms with Gasteiger partial charge >= 0.3 is 38.0 Å². The molecule has 5 heterocycles. The number of carbonyl (C=O) groups is 5. The fourth-order valence-electron chi connectivity index (χ4n) is 15.0. The van der Waals surface area contributed by atoms with Gasteiger partial charge in [-0.05, 0) is 270 Å². The molecule has 0 spiro atoms. The van der Waals surface area contributed by atoms with Crippen molar-refractivity contribution >= 4 is 30.0 Å². The van der Waals surface area contributed by atoms with E-state index in [9.17, 15) is 65.6 Å². The highest BCUT2D eigenvalue weighted by Gasteiger charge is 2.45. The molecule has 3 fully saturated rings. The van der Waals surface area contributed by atoms with E-state index in [1.807, 2.05) is 82.4 Å². The lowest BCUT2D eigenvalue weighted by molar-refractivity contribution is -0.0505. The number of likely N-dealkylation sites (tertiary alicyclic amines) is 2. The number of rotatable bonds is 27. The van der Waals surface area contributed by atoms with E-state index in [1.165, 1.54) is 78.4 Å². The Balaban J connectivity index is 0.000000195. The molecule has 9 atom stereocenters. The fourth-order valence-corrected chi connectivity index (χ4v) is 15.0. The summed E-state index contributed by atoms with van der Waals surface area (Å²) < 4.78 is 99.1. The highest BCUT2D eigenvalue weighted by molar-refractivity contribution is 5.94. The van der Waals surface area contributed by atoms with Crippen LogP contribution >= 0.6 is 0 Å². The van der Waals surface area contributed by atoms with Crippen molar-refractivity contribution < 1.29 is 94.4 Å². The van der Waals surface area contributed by atoms with Crippen molar-refractivity contribution in [3.05, 3.63) is 248 Å². The number of aliphatic hydroxyl groups is 3. The van der Waals surface area contributed by atoms with Crippen molar-refractivity contribution in [3.63, 3.8) is 0 Å². The van der Waals surface area contributed by atoms with Crippen LogP contribution in [-0.4, -0.2) is 177 Å². The van der Waals surface area contributed by atoms with E-state index in [0.717, 1.165) is 77.5 Å². The third-order valence-corrected chi connectivity index (χ3v) is 20.6. The van der Waals surface area contributed by atoms with Crippen LogP contribution in [0.25, 0.3) is 0 Å². The number of alkyl halides is 6. The average Bonchev–Trinajstić information content (AvgIpc) is 1.67. The Bertz CT molecular complexity index is 4740. The number of benzene rings is 6. The summed E-state index contributed by atoms with van der Waals surface area (Å²) in [6.07, 6.45) is 3.09. The number of carboxylic acids is 1. The van der Waals surface area contributed by atoms with Gasteiger partial charge in [0.15, 0.2) is 0 Å². The number of amides is 4. The maximum absolute atomic E-state index is 13.4. The molecule has 3 aliphatic rings. The topological polar surface area (TPSA) is 323 Å². The second-order valence-corrected chi connectivity index (χ2v) is 32.5. The van der Waals surface area contributed by atoms with Crippen molar-refractivity contribution in [2.24, 2.45) is 11.8 Å². The zero-order valence-electron chi connectivity index (χ0n) is 69.5. The van der Waals surface area contributed by atoms with Crippen LogP contribution in [0.3, 0.4) is 0 Å². The molecule has 1 saturated carbocycles. The van der Waals surface area contributed by atoms with Crippen LogP contribution < -0.4 is 19.5 Å². The molecule has 646 valence electrons. The number of aromatic carboxylic acids is 1.